The molecule has 0 aliphatic carbocycles. The van der Waals surface area contributed by atoms with Gasteiger partial charge in [-0.2, -0.15) is 0 Å². The lowest BCUT2D eigenvalue weighted by Gasteiger charge is -2.19. The number of hydrogen-bond acceptors (Lipinski definition) is 1. The average Bonchev–Trinajstić information content (AvgIpc) is 2.28. The smallest absolute Gasteiger partial charge is 0.165 e. The molecule has 1 aromatic rings. The largest absolute Gasteiger partial charge is 0.466 e. The molecule has 1 nitrogen and oxygen atoms in total. The van der Waals surface area contributed by atoms with E-state index in [1.54, 1.807) is 0 Å². The molecule has 2 heteroatoms. The highest BCUT2D eigenvalue weighted by molar-refractivity contribution is 5.28. The van der Waals surface area contributed by atoms with Crippen molar-refractivity contribution >= 4 is 0 Å². The molecule has 0 fully saturated rings. The molecule has 0 atom stereocenters. The van der Waals surface area contributed by atoms with Crippen LogP contribution in [0.5, 0.6) is 0 Å². The zero-order valence-electron chi connectivity index (χ0n) is 8.94. The summed E-state index contributed by atoms with van der Waals surface area (Å²) in [5, 5.41) is 0. The maximum atomic E-state index is 13.4. The van der Waals surface area contributed by atoms with Gasteiger partial charge in [-0.1, -0.05) is 34.6 Å². The SMILES string of the molecule is CC(C)c1occ(F)c1C(C)(C)C. The highest BCUT2D eigenvalue weighted by Gasteiger charge is 2.26. The van der Waals surface area contributed by atoms with Crippen LogP contribution in [-0.2, 0) is 5.41 Å². The Labute approximate surface area is 78.9 Å². The minimum Gasteiger partial charge on any atom is -0.466 e. The summed E-state index contributed by atoms with van der Waals surface area (Å²) in [4.78, 5) is 0. The maximum absolute atomic E-state index is 13.4. The van der Waals surface area contributed by atoms with E-state index in [0.717, 1.165) is 5.76 Å². The zero-order chi connectivity index (χ0) is 10.2. The van der Waals surface area contributed by atoms with Gasteiger partial charge in [-0.15, -0.1) is 0 Å². The van der Waals surface area contributed by atoms with Crippen molar-refractivity contribution in [1.82, 2.24) is 0 Å². The Morgan fingerprint density at radius 2 is 1.85 bits per heavy atom. The number of rotatable bonds is 1. The molecule has 0 amide bonds. The van der Waals surface area contributed by atoms with Gasteiger partial charge in [0.25, 0.3) is 0 Å². The first-order chi connectivity index (χ1) is 5.84. The molecule has 1 aromatic heterocycles. The van der Waals surface area contributed by atoms with Crippen LogP contribution in [0.2, 0.25) is 0 Å². The highest BCUT2D eigenvalue weighted by atomic mass is 19.1. The number of hydrogen-bond donors (Lipinski definition) is 0. The zero-order valence-corrected chi connectivity index (χ0v) is 8.94. The van der Waals surface area contributed by atoms with Gasteiger partial charge in [-0.05, 0) is 5.41 Å². The summed E-state index contributed by atoms with van der Waals surface area (Å²) in [7, 11) is 0. The highest BCUT2D eigenvalue weighted by Crippen LogP contribution is 2.33. The first-order valence-corrected chi connectivity index (χ1v) is 4.61. The van der Waals surface area contributed by atoms with Crippen molar-refractivity contribution < 1.29 is 8.81 Å². The summed E-state index contributed by atoms with van der Waals surface area (Å²) in [5.74, 6) is 0.778. The molecule has 1 rings (SSSR count). The third-order valence-electron chi connectivity index (χ3n) is 2.05. The van der Waals surface area contributed by atoms with Crippen LogP contribution >= 0.6 is 0 Å². The Kier molecular flexibility index (Phi) is 2.51. The van der Waals surface area contributed by atoms with Crippen molar-refractivity contribution in [2.75, 3.05) is 0 Å². The quantitative estimate of drug-likeness (QED) is 0.646. The van der Waals surface area contributed by atoms with Gasteiger partial charge >= 0.3 is 0 Å². The molecule has 0 radical (unpaired) electrons. The average molecular weight is 184 g/mol. The van der Waals surface area contributed by atoms with Crippen molar-refractivity contribution in [3.63, 3.8) is 0 Å². The molecule has 0 N–H and O–H groups in total. The van der Waals surface area contributed by atoms with Crippen molar-refractivity contribution in [2.45, 2.75) is 46.0 Å². The number of furan rings is 1. The Hall–Kier alpha value is -0.790. The van der Waals surface area contributed by atoms with Gasteiger partial charge in [0.05, 0.1) is 0 Å². The first-order valence-electron chi connectivity index (χ1n) is 4.61. The van der Waals surface area contributed by atoms with Gasteiger partial charge in [0, 0.05) is 11.5 Å². The van der Waals surface area contributed by atoms with Crippen molar-refractivity contribution in [3.8, 4) is 0 Å². The molecule has 0 bridgehead atoms. The van der Waals surface area contributed by atoms with Gasteiger partial charge in [0.15, 0.2) is 5.82 Å². The number of halogens is 1. The van der Waals surface area contributed by atoms with E-state index in [1.165, 1.54) is 6.26 Å². The Morgan fingerprint density at radius 3 is 2.15 bits per heavy atom. The molecule has 0 spiro atoms. The molecular weight excluding hydrogens is 167 g/mol. The lowest BCUT2D eigenvalue weighted by atomic mass is 9.84. The summed E-state index contributed by atoms with van der Waals surface area (Å²) in [6.45, 7) is 9.99. The fourth-order valence-corrected chi connectivity index (χ4v) is 1.50. The standard InChI is InChI=1S/C11H17FO/c1-7(2)10-9(11(3,4)5)8(12)6-13-10/h6-7H,1-5H3. The Bertz CT molecular complexity index is 292. The Morgan fingerprint density at radius 1 is 1.31 bits per heavy atom. The van der Waals surface area contributed by atoms with Crippen molar-refractivity contribution in [3.05, 3.63) is 23.4 Å². The van der Waals surface area contributed by atoms with Gasteiger partial charge in [-0.25, -0.2) is 4.39 Å². The minimum atomic E-state index is -0.226. The molecule has 0 aromatic carbocycles. The van der Waals surface area contributed by atoms with E-state index in [-0.39, 0.29) is 17.2 Å². The van der Waals surface area contributed by atoms with Crippen LogP contribution in [-0.4, -0.2) is 0 Å². The summed E-state index contributed by atoms with van der Waals surface area (Å²) in [6, 6.07) is 0. The summed E-state index contributed by atoms with van der Waals surface area (Å²) < 4.78 is 18.6. The molecule has 74 valence electrons. The monoisotopic (exact) mass is 184 g/mol. The fraction of sp³-hybridized carbons (Fsp3) is 0.636. The second-order valence-electron chi connectivity index (χ2n) is 4.73. The van der Waals surface area contributed by atoms with E-state index in [4.69, 9.17) is 4.42 Å². The van der Waals surface area contributed by atoms with Crippen LogP contribution in [0.25, 0.3) is 0 Å². The molecule has 0 saturated heterocycles. The molecular formula is C11H17FO. The van der Waals surface area contributed by atoms with Gasteiger partial charge in [0.1, 0.15) is 12.0 Å². The van der Waals surface area contributed by atoms with Gasteiger partial charge in [0.2, 0.25) is 0 Å². The van der Waals surface area contributed by atoms with Crippen molar-refractivity contribution in [2.24, 2.45) is 0 Å². The third kappa shape index (κ3) is 1.93. The lowest BCUT2D eigenvalue weighted by molar-refractivity contribution is 0.463. The van der Waals surface area contributed by atoms with Gasteiger partial charge < -0.3 is 4.42 Å². The van der Waals surface area contributed by atoms with Crippen LogP contribution in [0.1, 0.15) is 51.9 Å². The minimum absolute atomic E-state index is 0.184. The molecule has 1 heterocycles. The maximum Gasteiger partial charge on any atom is 0.165 e. The molecule has 13 heavy (non-hydrogen) atoms. The summed E-state index contributed by atoms with van der Waals surface area (Å²) in [6.07, 6.45) is 1.20. The molecule has 0 unspecified atom stereocenters. The second-order valence-corrected chi connectivity index (χ2v) is 4.73. The second kappa shape index (κ2) is 3.17. The van der Waals surface area contributed by atoms with E-state index >= 15 is 0 Å². The van der Waals surface area contributed by atoms with Crippen LogP contribution in [0.3, 0.4) is 0 Å². The fourth-order valence-electron chi connectivity index (χ4n) is 1.50. The van der Waals surface area contributed by atoms with Crippen LogP contribution < -0.4 is 0 Å². The van der Waals surface area contributed by atoms with Gasteiger partial charge in [-0.3, -0.25) is 0 Å². The third-order valence-corrected chi connectivity index (χ3v) is 2.05. The normalized spacial score (nSPS) is 12.5. The molecule has 0 aliphatic heterocycles. The predicted molar refractivity (Wildman–Crippen MR) is 51.5 cm³/mol. The van der Waals surface area contributed by atoms with E-state index in [9.17, 15) is 4.39 Å². The molecule has 0 aliphatic rings. The van der Waals surface area contributed by atoms with Crippen LogP contribution in [0, 0.1) is 5.82 Å². The topological polar surface area (TPSA) is 13.1 Å². The van der Waals surface area contributed by atoms with Crippen molar-refractivity contribution in [1.29, 1.82) is 0 Å². The first kappa shape index (κ1) is 10.3. The lowest BCUT2D eigenvalue weighted by Crippen LogP contribution is -2.14. The van der Waals surface area contributed by atoms with E-state index < -0.39 is 0 Å². The van der Waals surface area contributed by atoms with E-state index in [1.807, 2.05) is 34.6 Å². The summed E-state index contributed by atoms with van der Waals surface area (Å²) >= 11 is 0. The van der Waals surface area contributed by atoms with Crippen LogP contribution in [0.15, 0.2) is 10.7 Å². The Balaban J connectivity index is 3.25. The van der Waals surface area contributed by atoms with E-state index in [0.29, 0.717) is 5.56 Å². The van der Waals surface area contributed by atoms with E-state index in [2.05, 4.69) is 0 Å². The van der Waals surface area contributed by atoms with Crippen LogP contribution in [0.4, 0.5) is 4.39 Å². The molecule has 0 saturated carbocycles. The predicted octanol–water partition coefficient (Wildman–Crippen LogP) is 3.84. The summed E-state index contributed by atoms with van der Waals surface area (Å²) in [5.41, 5.74) is 0.527.